The number of nitrogens with zero attached hydrogens (tertiary/aromatic N) is 2. The third-order valence-electron chi connectivity index (χ3n) is 14.1. The zero-order chi connectivity index (χ0) is 45.4. The van der Waals surface area contributed by atoms with Gasteiger partial charge in [-0.3, -0.25) is 0 Å². The molecule has 12 aromatic carbocycles. The summed E-state index contributed by atoms with van der Waals surface area (Å²) in [6.45, 7) is 0. The average Bonchev–Trinajstić information content (AvgIpc) is 3.97. The molecule has 0 spiro atoms. The zero-order valence-electron chi connectivity index (χ0n) is 37.6. The van der Waals surface area contributed by atoms with Crippen molar-refractivity contribution in [3.05, 3.63) is 255 Å². The van der Waals surface area contributed by atoms with Crippen LogP contribution in [0, 0.1) is 0 Å². The molecule has 0 saturated heterocycles. The van der Waals surface area contributed by atoms with Crippen LogP contribution in [0.5, 0.6) is 0 Å². The van der Waals surface area contributed by atoms with E-state index in [4.69, 9.17) is 4.42 Å². The topological polar surface area (TPSA) is 21.3 Å². The first kappa shape index (κ1) is 39.0. The van der Waals surface area contributed by atoms with E-state index in [1.807, 2.05) is 12.1 Å². The zero-order valence-corrected chi connectivity index (χ0v) is 37.6. The van der Waals surface area contributed by atoms with Gasteiger partial charge in [-0.15, -0.1) is 0 Å². The Bertz CT molecular complexity index is 4240. The van der Waals surface area contributed by atoms with Crippen LogP contribution in [0.25, 0.3) is 115 Å². The Morgan fingerprint density at radius 2 is 0.696 bits per heavy atom. The van der Waals surface area contributed by atoms with Crippen molar-refractivity contribution in [3.8, 4) is 39.1 Å². The van der Waals surface area contributed by atoms with Crippen molar-refractivity contribution in [2.24, 2.45) is 0 Å². The molecule has 0 fully saturated rings. The van der Waals surface area contributed by atoms with Crippen molar-refractivity contribution in [3.63, 3.8) is 0 Å². The highest BCUT2D eigenvalue weighted by Crippen LogP contribution is 2.43. The van der Waals surface area contributed by atoms with E-state index in [1.165, 1.54) is 70.8 Å². The lowest BCUT2D eigenvalue weighted by Gasteiger charge is -2.27. The predicted molar refractivity (Wildman–Crippen MR) is 292 cm³/mol. The van der Waals surface area contributed by atoms with Crippen LogP contribution < -0.4 is 4.90 Å². The maximum atomic E-state index is 6.35. The number of rotatable bonds is 7. The third-order valence-corrected chi connectivity index (χ3v) is 14.1. The van der Waals surface area contributed by atoms with Gasteiger partial charge in [-0.25, -0.2) is 0 Å². The number of fused-ring (bicyclic) bond motifs is 12. The fourth-order valence-electron chi connectivity index (χ4n) is 10.9. The summed E-state index contributed by atoms with van der Waals surface area (Å²) in [6, 6.07) is 92.6. The van der Waals surface area contributed by atoms with Gasteiger partial charge in [0.1, 0.15) is 11.2 Å². The Balaban J connectivity index is 0.871. The minimum Gasteiger partial charge on any atom is -0.456 e. The van der Waals surface area contributed by atoms with E-state index in [9.17, 15) is 0 Å². The molecule has 14 rings (SSSR count). The molecule has 0 atom stereocenters. The standard InChI is InChI=1S/C66H42N2O/c1-2-22-55-53(20-1)54-21-3-4-23-56(54)62-42-52(35-37-57(55)62)67(50-18-12-17-47(39-50)48-32-36-61-60-26-7-10-29-65(60)69-66(61)41-48)49-33-30-43(31-34-49)44-14-11-15-45(38-44)46-16-13-19-51(40-46)68-63-27-8-5-24-58(63)59-25-6-9-28-64(59)68/h1-42H. The van der Waals surface area contributed by atoms with Gasteiger partial charge in [-0.2, -0.15) is 0 Å². The lowest BCUT2D eigenvalue weighted by Crippen LogP contribution is -2.10. The number of hydrogen-bond acceptors (Lipinski definition) is 2. The summed E-state index contributed by atoms with van der Waals surface area (Å²) >= 11 is 0. The van der Waals surface area contributed by atoms with Crippen molar-refractivity contribution in [2.45, 2.75) is 0 Å². The molecular weight excluding hydrogens is 837 g/mol. The number of furan rings is 1. The van der Waals surface area contributed by atoms with Crippen molar-refractivity contribution < 1.29 is 4.42 Å². The number of hydrogen-bond donors (Lipinski definition) is 0. The van der Waals surface area contributed by atoms with E-state index < -0.39 is 0 Å². The predicted octanol–water partition coefficient (Wildman–Crippen LogP) is 18.6. The lowest BCUT2D eigenvalue weighted by molar-refractivity contribution is 0.669. The van der Waals surface area contributed by atoms with Gasteiger partial charge in [0.25, 0.3) is 0 Å². The second-order valence-corrected chi connectivity index (χ2v) is 18.1. The second kappa shape index (κ2) is 15.7. The molecule has 0 N–H and O–H groups in total. The molecule has 2 heterocycles. The molecular formula is C66H42N2O. The molecule has 3 heteroatoms. The van der Waals surface area contributed by atoms with Gasteiger partial charge in [-0.1, -0.05) is 170 Å². The van der Waals surface area contributed by atoms with Crippen molar-refractivity contribution in [1.82, 2.24) is 4.57 Å². The van der Waals surface area contributed by atoms with Crippen molar-refractivity contribution in [2.75, 3.05) is 4.90 Å². The molecule has 0 radical (unpaired) electrons. The second-order valence-electron chi connectivity index (χ2n) is 18.1. The number of aromatic nitrogens is 1. The van der Waals surface area contributed by atoms with Crippen LogP contribution in [0.15, 0.2) is 259 Å². The smallest absolute Gasteiger partial charge is 0.136 e. The van der Waals surface area contributed by atoms with E-state index in [0.29, 0.717) is 0 Å². The van der Waals surface area contributed by atoms with Crippen LogP contribution in [0.4, 0.5) is 17.1 Å². The highest BCUT2D eigenvalue weighted by Gasteiger charge is 2.18. The van der Waals surface area contributed by atoms with Gasteiger partial charge in [0.15, 0.2) is 0 Å². The third kappa shape index (κ3) is 6.43. The van der Waals surface area contributed by atoms with E-state index in [0.717, 1.165) is 61.4 Å². The van der Waals surface area contributed by atoms with Gasteiger partial charge < -0.3 is 13.9 Å². The summed E-state index contributed by atoms with van der Waals surface area (Å²) < 4.78 is 8.74. The Morgan fingerprint density at radius 1 is 0.246 bits per heavy atom. The summed E-state index contributed by atoms with van der Waals surface area (Å²) in [4.78, 5) is 2.40. The van der Waals surface area contributed by atoms with Crippen LogP contribution in [0.1, 0.15) is 0 Å². The van der Waals surface area contributed by atoms with Crippen LogP contribution in [-0.4, -0.2) is 4.57 Å². The normalized spacial score (nSPS) is 11.8. The highest BCUT2D eigenvalue weighted by atomic mass is 16.3. The fourth-order valence-corrected chi connectivity index (χ4v) is 10.9. The van der Waals surface area contributed by atoms with Crippen LogP contribution in [-0.2, 0) is 0 Å². The van der Waals surface area contributed by atoms with Crippen LogP contribution in [0.2, 0.25) is 0 Å². The molecule has 3 nitrogen and oxygen atoms in total. The molecule has 0 aliphatic heterocycles. The fraction of sp³-hybridized carbons (Fsp3) is 0. The molecule has 0 saturated carbocycles. The summed E-state index contributed by atoms with van der Waals surface area (Å²) in [5.74, 6) is 0. The molecule has 0 unspecified atom stereocenters. The first-order valence-corrected chi connectivity index (χ1v) is 23.6. The first-order valence-electron chi connectivity index (χ1n) is 23.6. The minimum absolute atomic E-state index is 0.889. The molecule has 0 amide bonds. The molecule has 0 aliphatic carbocycles. The van der Waals surface area contributed by atoms with Crippen LogP contribution in [0.3, 0.4) is 0 Å². The lowest BCUT2D eigenvalue weighted by atomic mass is 9.94. The van der Waals surface area contributed by atoms with E-state index in [1.54, 1.807) is 0 Å². The van der Waals surface area contributed by atoms with Gasteiger partial charge in [0.05, 0.1) is 11.0 Å². The maximum absolute atomic E-state index is 6.35. The monoisotopic (exact) mass is 878 g/mol. The summed E-state index contributed by atoms with van der Waals surface area (Å²) in [5.41, 5.74) is 15.5. The van der Waals surface area contributed by atoms with E-state index in [-0.39, 0.29) is 0 Å². The number of anilines is 3. The SMILES string of the molecule is c1cc(-c2ccc(N(c3cccc(-c4ccc5c(c4)oc4ccccc45)c3)c3ccc4c5ccccc5c5ccccc5c4c3)cc2)cc(-c2cccc(-n3c4ccccc4c4ccccc43)c2)c1. The molecule has 0 bridgehead atoms. The van der Waals surface area contributed by atoms with Gasteiger partial charge in [0, 0.05) is 44.3 Å². The number of benzene rings is 12. The van der Waals surface area contributed by atoms with E-state index >= 15 is 0 Å². The molecule has 322 valence electrons. The molecule has 14 aromatic rings. The van der Waals surface area contributed by atoms with Crippen molar-refractivity contribution in [1.29, 1.82) is 0 Å². The van der Waals surface area contributed by atoms with Crippen molar-refractivity contribution >= 4 is 93.1 Å². The van der Waals surface area contributed by atoms with Crippen LogP contribution >= 0.6 is 0 Å². The Hall–Kier alpha value is -9.18. The quantitative estimate of drug-likeness (QED) is 0.149. The molecule has 0 aliphatic rings. The van der Waals surface area contributed by atoms with E-state index in [2.05, 4.69) is 252 Å². The molecule has 69 heavy (non-hydrogen) atoms. The number of para-hydroxylation sites is 3. The maximum Gasteiger partial charge on any atom is 0.136 e. The largest absolute Gasteiger partial charge is 0.456 e. The first-order chi connectivity index (χ1) is 34.2. The summed E-state index contributed by atoms with van der Waals surface area (Å²) in [6.07, 6.45) is 0. The average molecular weight is 879 g/mol. The summed E-state index contributed by atoms with van der Waals surface area (Å²) in [7, 11) is 0. The Labute approximate surface area is 399 Å². The highest BCUT2D eigenvalue weighted by molar-refractivity contribution is 6.26. The Kier molecular flexibility index (Phi) is 8.90. The molecule has 2 aromatic heterocycles. The Morgan fingerprint density at radius 3 is 1.39 bits per heavy atom. The summed E-state index contributed by atoms with van der Waals surface area (Å²) in [5, 5.41) is 12.3. The van der Waals surface area contributed by atoms with Gasteiger partial charge >= 0.3 is 0 Å². The van der Waals surface area contributed by atoms with Gasteiger partial charge in [-0.05, 0) is 151 Å². The minimum atomic E-state index is 0.889. The van der Waals surface area contributed by atoms with Gasteiger partial charge in [0.2, 0.25) is 0 Å².